The molecule has 0 amide bonds. The maximum atomic E-state index is 9.80. The third-order valence-corrected chi connectivity index (χ3v) is 6.56. The summed E-state index contributed by atoms with van der Waals surface area (Å²) in [6, 6.07) is 7.76. The number of hydrogen-bond acceptors (Lipinski definition) is 2. The van der Waals surface area contributed by atoms with Crippen LogP contribution in [0.3, 0.4) is 0 Å². The fraction of sp³-hybridized carbons (Fsp3) is 0.143. The van der Waals surface area contributed by atoms with Crippen LogP contribution in [0.1, 0.15) is 12.5 Å². The molecule has 0 fully saturated rings. The second kappa shape index (κ2) is 7.49. The molecule has 2 rings (SSSR count). The van der Waals surface area contributed by atoms with E-state index in [0.29, 0.717) is 5.75 Å². The molecule has 2 aromatic carbocycles. The molecular formula is C14H10I4O2. The summed E-state index contributed by atoms with van der Waals surface area (Å²) < 4.78 is 9.99. The fourth-order valence-electron chi connectivity index (χ4n) is 1.71. The highest BCUT2D eigenvalue weighted by Gasteiger charge is 2.12. The molecule has 0 aliphatic rings. The number of phenolic OH excluding ortho intramolecular Hbond substituents is 1. The van der Waals surface area contributed by atoms with Gasteiger partial charge in [0.2, 0.25) is 0 Å². The van der Waals surface area contributed by atoms with Crippen LogP contribution in [0.15, 0.2) is 24.3 Å². The monoisotopic (exact) mass is 718 g/mol. The summed E-state index contributed by atoms with van der Waals surface area (Å²) >= 11 is 8.90. The van der Waals surface area contributed by atoms with Gasteiger partial charge in [-0.1, -0.05) is 6.92 Å². The summed E-state index contributed by atoms with van der Waals surface area (Å²) in [5.74, 6) is 1.92. The molecule has 1 N–H and O–H groups in total. The van der Waals surface area contributed by atoms with Crippen LogP contribution < -0.4 is 4.74 Å². The Labute approximate surface area is 172 Å². The van der Waals surface area contributed by atoms with E-state index in [9.17, 15) is 5.11 Å². The van der Waals surface area contributed by atoms with Crippen LogP contribution in [-0.2, 0) is 6.42 Å². The smallest absolute Gasteiger partial charge is 0.142 e. The van der Waals surface area contributed by atoms with E-state index in [-0.39, 0.29) is 0 Å². The highest BCUT2D eigenvalue weighted by Crippen LogP contribution is 2.36. The Kier molecular flexibility index (Phi) is 6.48. The van der Waals surface area contributed by atoms with Crippen LogP contribution in [0.4, 0.5) is 0 Å². The molecule has 2 aromatic rings. The Morgan fingerprint density at radius 3 is 2.15 bits per heavy atom. The number of hydrogen-bond donors (Lipinski definition) is 1. The molecule has 0 radical (unpaired) electrons. The number of aromatic hydroxyl groups is 1. The van der Waals surface area contributed by atoms with Crippen molar-refractivity contribution in [1.82, 2.24) is 0 Å². The average molecular weight is 718 g/mol. The van der Waals surface area contributed by atoms with E-state index < -0.39 is 0 Å². The fourth-order valence-corrected chi connectivity index (χ4v) is 5.73. The number of halogens is 4. The van der Waals surface area contributed by atoms with Gasteiger partial charge in [0.15, 0.2) is 0 Å². The van der Waals surface area contributed by atoms with Gasteiger partial charge in [0.1, 0.15) is 17.2 Å². The molecule has 6 heteroatoms. The zero-order valence-corrected chi connectivity index (χ0v) is 19.0. The minimum atomic E-state index is 0.310. The van der Waals surface area contributed by atoms with Crippen LogP contribution in [0, 0.1) is 14.3 Å². The van der Waals surface area contributed by atoms with Gasteiger partial charge in [0, 0.05) is 3.57 Å². The van der Waals surface area contributed by atoms with E-state index in [2.05, 4.69) is 103 Å². The van der Waals surface area contributed by atoms with Gasteiger partial charge in [-0.25, -0.2) is 0 Å². The van der Waals surface area contributed by atoms with Gasteiger partial charge in [-0.3, -0.25) is 0 Å². The summed E-state index contributed by atoms with van der Waals surface area (Å²) in [4.78, 5) is 0. The van der Waals surface area contributed by atoms with E-state index in [0.717, 1.165) is 28.6 Å². The van der Waals surface area contributed by atoms with Crippen LogP contribution in [-0.4, -0.2) is 5.11 Å². The molecule has 0 spiro atoms. The summed E-state index contributed by atoms with van der Waals surface area (Å²) in [5.41, 5.74) is 1.31. The first kappa shape index (κ1) is 17.3. The Balaban J connectivity index is 2.40. The van der Waals surface area contributed by atoms with E-state index in [1.165, 1.54) is 9.13 Å². The largest absolute Gasteiger partial charge is 0.506 e. The first-order valence-corrected chi connectivity index (χ1v) is 10.1. The maximum absolute atomic E-state index is 9.80. The Morgan fingerprint density at radius 2 is 1.60 bits per heavy atom. The summed E-state index contributed by atoms with van der Waals surface area (Å²) in [5, 5.41) is 9.80. The van der Waals surface area contributed by atoms with Crippen molar-refractivity contribution in [3.63, 3.8) is 0 Å². The molecule has 0 saturated carbocycles. The second-order valence-electron chi connectivity index (χ2n) is 4.03. The Morgan fingerprint density at radius 1 is 1.00 bits per heavy atom. The second-order valence-corrected chi connectivity index (χ2v) is 8.59. The molecule has 0 aliphatic heterocycles. The van der Waals surface area contributed by atoms with Crippen LogP contribution in [0.2, 0.25) is 0 Å². The first-order chi connectivity index (χ1) is 9.43. The predicted octanol–water partition coefficient (Wildman–Crippen LogP) is 6.17. The number of ether oxygens (including phenoxy) is 1. The van der Waals surface area contributed by atoms with Crippen molar-refractivity contribution in [3.8, 4) is 17.2 Å². The van der Waals surface area contributed by atoms with E-state index >= 15 is 0 Å². The molecule has 2 nitrogen and oxygen atoms in total. The van der Waals surface area contributed by atoms with E-state index in [4.69, 9.17) is 4.74 Å². The van der Waals surface area contributed by atoms with Crippen molar-refractivity contribution in [3.05, 3.63) is 44.1 Å². The van der Waals surface area contributed by atoms with Crippen LogP contribution in [0.25, 0.3) is 0 Å². The maximum Gasteiger partial charge on any atom is 0.142 e. The summed E-state index contributed by atoms with van der Waals surface area (Å²) in [7, 11) is 0. The van der Waals surface area contributed by atoms with E-state index in [1.54, 1.807) is 0 Å². The number of benzene rings is 2. The van der Waals surface area contributed by atoms with Gasteiger partial charge in [-0.05, 0) is 127 Å². The standard InChI is InChI=1S/C14H10I4O2/c1-2-8-9(15)3-4-12(13(8)18)20-7-5-10(16)14(19)11(17)6-7/h3-6,19H,2H2,1H3. The molecular weight excluding hydrogens is 708 g/mol. The average Bonchev–Trinajstić information content (AvgIpc) is 2.40. The molecule has 20 heavy (non-hydrogen) atoms. The molecule has 0 saturated heterocycles. The van der Waals surface area contributed by atoms with Crippen molar-refractivity contribution < 1.29 is 9.84 Å². The molecule has 0 bridgehead atoms. The SMILES string of the molecule is CCc1c(I)ccc(Oc2cc(I)c(O)c(I)c2)c1I. The zero-order chi connectivity index (χ0) is 14.9. The van der Waals surface area contributed by atoms with Gasteiger partial charge in [0.05, 0.1) is 10.7 Å². The number of phenols is 1. The number of rotatable bonds is 3. The van der Waals surface area contributed by atoms with Crippen molar-refractivity contribution in [2.24, 2.45) is 0 Å². The molecule has 0 unspecified atom stereocenters. The van der Waals surface area contributed by atoms with Gasteiger partial charge in [-0.2, -0.15) is 0 Å². The lowest BCUT2D eigenvalue weighted by atomic mass is 10.2. The van der Waals surface area contributed by atoms with Crippen molar-refractivity contribution in [2.75, 3.05) is 0 Å². The summed E-state index contributed by atoms with van der Waals surface area (Å²) in [6.07, 6.45) is 0.985. The van der Waals surface area contributed by atoms with Crippen molar-refractivity contribution >= 4 is 90.4 Å². The molecule has 106 valence electrons. The minimum Gasteiger partial charge on any atom is -0.506 e. The van der Waals surface area contributed by atoms with Crippen LogP contribution in [0.5, 0.6) is 17.2 Å². The minimum absolute atomic E-state index is 0.310. The van der Waals surface area contributed by atoms with Gasteiger partial charge in [-0.15, -0.1) is 0 Å². The third-order valence-electron chi connectivity index (χ3n) is 2.72. The van der Waals surface area contributed by atoms with Gasteiger partial charge < -0.3 is 9.84 Å². The van der Waals surface area contributed by atoms with Crippen molar-refractivity contribution in [1.29, 1.82) is 0 Å². The molecule has 0 aromatic heterocycles. The van der Waals surface area contributed by atoms with Crippen LogP contribution >= 0.6 is 90.4 Å². The lowest BCUT2D eigenvalue weighted by molar-refractivity contribution is 0.456. The molecule has 0 aliphatic carbocycles. The lowest BCUT2D eigenvalue weighted by Gasteiger charge is -2.13. The van der Waals surface area contributed by atoms with Crippen molar-refractivity contribution in [2.45, 2.75) is 13.3 Å². The normalized spacial score (nSPS) is 10.7. The third kappa shape index (κ3) is 3.83. The van der Waals surface area contributed by atoms with Gasteiger partial charge in [0.25, 0.3) is 0 Å². The quantitative estimate of drug-likeness (QED) is 0.386. The highest BCUT2D eigenvalue weighted by atomic mass is 127. The Bertz CT molecular complexity index is 633. The predicted molar refractivity (Wildman–Crippen MR) is 115 cm³/mol. The first-order valence-electron chi connectivity index (χ1n) is 5.76. The highest BCUT2D eigenvalue weighted by molar-refractivity contribution is 14.1. The Hall–Kier alpha value is 0.960. The van der Waals surface area contributed by atoms with Gasteiger partial charge >= 0.3 is 0 Å². The zero-order valence-electron chi connectivity index (χ0n) is 10.4. The molecule has 0 atom stereocenters. The molecule has 0 heterocycles. The lowest BCUT2D eigenvalue weighted by Crippen LogP contribution is -1.96. The van der Waals surface area contributed by atoms with E-state index in [1.807, 2.05) is 18.2 Å². The summed E-state index contributed by atoms with van der Waals surface area (Å²) in [6.45, 7) is 2.15. The topological polar surface area (TPSA) is 29.5 Å².